The highest BCUT2D eigenvalue weighted by Gasteiger charge is 2.33. The van der Waals surface area contributed by atoms with Crippen molar-refractivity contribution in [3.8, 4) is 0 Å². The number of hydrogen-bond donors (Lipinski definition) is 1. The maximum Gasteiger partial charge on any atom is 0.232 e. The number of amides is 2. The zero-order valence-electron chi connectivity index (χ0n) is 13.6. The fourth-order valence-electron chi connectivity index (χ4n) is 3.00. The second-order valence-electron chi connectivity index (χ2n) is 5.86. The maximum atomic E-state index is 12.8. The summed E-state index contributed by atoms with van der Waals surface area (Å²) in [7, 11) is 1.71. The van der Waals surface area contributed by atoms with Crippen LogP contribution in [-0.4, -0.2) is 24.6 Å². The van der Waals surface area contributed by atoms with Gasteiger partial charge in [0.25, 0.3) is 0 Å². The highest BCUT2D eigenvalue weighted by molar-refractivity contribution is 6.08. The van der Waals surface area contributed by atoms with Gasteiger partial charge in [0, 0.05) is 24.7 Å². The van der Waals surface area contributed by atoms with Crippen molar-refractivity contribution < 1.29 is 14.4 Å². The third-order valence-corrected chi connectivity index (χ3v) is 4.31. The Labute approximate surface area is 140 Å². The fourth-order valence-corrected chi connectivity index (χ4v) is 3.00. The third-order valence-electron chi connectivity index (χ3n) is 4.31. The van der Waals surface area contributed by atoms with Crippen molar-refractivity contribution in [3.63, 3.8) is 0 Å². The summed E-state index contributed by atoms with van der Waals surface area (Å²) in [5.74, 6) is -1.07. The average molecular weight is 322 g/mol. The van der Waals surface area contributed by atoms with Crippen LogP contribution in [0.2, 0.25) is 0 Å². The molecule has 2 aromatic rings. The smallest absolute Gasteiger partial charge is 0.232 e. The number of carbonyl (C=O) groups excluding carboxylic acids is 3. The number of benzene rings is 2. The van der Waals surface area contributed by atoms with Gasteiger partial charge in [-0.1, -0.05) is 30.3 Å². The van der Waals surface area contributed by atoms with Gasteiger partial charge in [-0.05, 0) is 30.7 Å². The van der Waals surface area contributed by atoms with Crippen molar-refractivity contribution in [2.24, 2.45) is 0 Å². The number of nitrogens with one attached hydrogen (secondary N) is 1. The Morgan fingerprint density at radius 1 is 1.08 bits per heavy atom. The Bertz CT molecular complexity index is 829. The summed E-state index contributed by atoms with van der Waals surface area (Å²) < 4.78 is 0. The average Bonchev–Trinajstić information content (AvgIpc) is 2.58. The monoisotopic (exact) mass is 322 g/mol. The van der Waals surface area contributed by atoms with Gasteiger partial charge in [-0.25, -0.2) is 0 Å². The van der Waals surface area contributed by atoms with Crippen LogP contribution in [0.5, 0.6) is 0 Å². The molecule has 1 unspecified atom stereocenters. The van der Waals surface area contributed by atoms with Gasteiger partial charge in [-0.15, -0.1) is 0 Å². The number of para-hydroxylation sites is 2. The van der Waals surface area contributed by atoms with Crippen LogP contribution in [0.25, 0.3) is 0 Å². The lowest BCUT2D eigenvalue weighted by Gasteiger charge is -2.31. The van der Waals surface area contributed by atoms with Gasteiger partial charge in [-0.3, -0.25) is 14.4 Å². The van der Waals surface area contributed by atoms with Crippen molar-refractivity contribution in [1.29, 1.82) is 0 Å². The molecule has 0 spiro atoms. The molecule has 122 valence electrons. The van der Waals surface area contributed by atoms with E-state index in [1.165, 1.54) is 6.92 Å². The normalized spacial score (nSPS) is 16.5. The lowest BCUT2D eigenvalue weighted by atomic mass is 9.88. The Kier molecular flexibility index (Phi) is 4.16. The Balaban J connectivity index is 1.93. The summed E-state index contributed by atoms with van der Waals surface area (Å²) in [6.45, 7) is 1.46. The van der Waals surface area contributed by atoms with Crippen molar-refractivity contribution in [2.75, 3.05) is 17.3 Å². The number of hydrogen-bond acceptors (Lipinski definition) is 3. The molecule has 2 amide bonds. The quantitative estimate of drug-likeness (QED) is 0.884. The van der Waals surface area contributed by atoms with E-state index < -0.39 is 5.92 Å². The highest BCUT2D eigenvalue weighted by Crippen LogP contribution is 2.35. The van der Waals surface area contributed by atoms with Gasteiger partial charge in [-0.2, -0.15) is 0 Å². The molecule has 1 aliphatic heterocycles. The van der Waals surface area contributed by atoms with Crippen LogP contribution < -0.4 is 10.2 Å². The van der Waals surface area contributed by atoms with Crippen molar-refractivity contribution >= 4 is 29.0 Å². The summed E-state index contributed by atoms with van der Waals surface area (Å²) in [5.41, 5.74) is 2.49. The van der Waals surface area contributed by atoms with E-state index in [-0.39, 0.29) is 24.0 Å². The molecule has 3 rings (SSSR count). The minimum Gasteiger partial charge on any atom is -0.325 e. The van der Waals surface area contributed by atoms with Gasteiger partial charge < -0.3 is 10.2 Å². The van der Waals surface area contributed by atoms with E-state index >= 15 is 0 Å². The van der Waals surface area contributed by atoms with Gasteiger partial charge >= 0.3 is 0 Å². The zero-order chi connectivity index (χ0) is 17.3. The van der Waals surface area contributed by atoms with Crippen LogP contribution in [-0.2, 0) is 9.59 Å². The number of anilines is 2. The lowest BCUT2D eigenvalue weighted by molar-refractivity contribution is -0.124. The first-order valence-corrected chi connectivity index (χ1v) is 7.75. The molecule has 0 saturated carbocycles. The first-order chi connectivity index (χ1) is 11.5. The summed E-state index contributed by atoms with van der Waals surface area (Å²) in [4.78, 5) is 38.2. The maximum absolute atomic E-state index is 12.8. The predicted molar refractivity (Wildman–Crippen MR) is 92.3 cm³/mol. The molecule has 1 N–H and O–H groups in total. The topological polar surface area (TPSA) is 66.5 Å². The number of carbonyl (C=O) groups is 3. The summed E-state index contributed by atoms with van der Waals surface area (Å²) >= 11 is 0. The standard InChI is InChI=1S/C19H18N2O3/c1-12(22)13-7-3-5-9-16(13)20-19(24)15-11-18(23)21(2)17-10-6-4-8-14(15)17/h3-10,15H,11H2,1-2H3,(H,20,24). The van der Waals surface area contributed by atoms with Crippen LogP contribution in [0.3, 0.4) is 0 Å². The number of Topliss-reactive ketones (excluding diaryl/α,β-unsaturated/α-hetero) is 1. The largest absolute Gasteiger partial charge is 0.325 e. The van der Waals surface area contributed by atoms with Gasteiger partial charge in [0.05, 0.1) is 11.6 Å². The SMILES string of the molecule is CC(=O)c1ccccc1NC(=O)C1CC(=O)N(C)c2ccccc21. The Hall–Kier alpha value is -2.95. The van der Waals surface area contributed by atoms with Crippen LogP contribution >= 0.6 is 0 Å². The minimum absolute atomic E-state index is 0.103. The molecular formula is C19H18N2O3. The number of rotatable bonds is 3. The number of ketones is 1. The molecule has 0 saturated heterocycles. The molecule has 24 heavy (non-hydrogen) atoms. The minimum atomic E-state index is -0.565. The molecular weight excluding hydrogens is 304 g/mol. The molecule has 1 aliphatic rings. The van der Waals surface area contributed by atoms with Crippen molar-refractivity contribution in [1.82, 2.24) is 0 Å². The van der Waals surface area contributed by atoms with E-state index in [0.717, 1.165) is 11.3 Å². The molecule has 0 aliphatic carbocycles. The second kappa shape index (κ2) is 6.28. The number of fused-ring (bicyclic) bond motifs is 1. The summed E-state index contributed by atoms with van der Waals surface area (Å²) in [6.07, 6.45) is 0.113. The second-order valence-corrected chi connectivity index (χ2v) is 5.86. The van der Waals surface area contributed by atoms with Crippen molar-refractivity contribution in [3.05, 3.63) is 59.7 Å². The van der Waals surface area contributed by atoms with Crippen LogP contribution in [0, 0.1) is 0 Å². The molecule has 1 heterocycles. The summed E-state index contributed by atoms with van der Waals surface area (Å²) in [6, 6.07) is 14.3. The van der Waals surface area contributed by atoms with Crippen LogP contribution in [0.1, 0.15) is 35.2 Å². The molecule has 0 fully saturated rings. The number of nitrogens with zero attached hydrogens (tertiary/aromatic N) is 1. The van der Waals surface area contributed by atoms with Gasteiger partial charge in [0.2, 0.25) is 11.8 Å². The third kappa shape index (κ3) is 2.80. The Morgan fingerprint density at radius 2 is 1.75 bits per heavy atom. The Morgan fingerprint density at radius 3 is 2.50 bits per heavy atom. The van der Waals surface area contributed by atoms with E-state index in [0.29, 0.717) is 11.3 Å². The van der Waals surface area contributed by atoms with Crippen molar-refractivity contribution in [2.45, 2.75) is 19.3 Å². The van der Waals surface area contributed by atoms with E-state index in [2.05, 4.69) is 5.32 Å². The fraction of sp³-hybridized carbons (Fsp3) is 0.211. The van der Waals surface area contributed by atoms with E-state index in [9.17, 15) is 14.4 Å². The first-order valence-electron chi connectivity index (χ1n) is 7.75. The van der Waals surface area contributed by atoms with E-state index in [4.69, 9.17) is 0 Å². The molecule has 5 heteroatoms. The molecule has 1 atom stereocenters. The lowest BCUT2D eigenvalue weighted by Crippen LogP contribution is -2.37. The first kappa shape index (κ1) is 15.9. The molecule has 2 aromatic carbocycles. The van der Waals surface area contributed by atoms with Gasteiger partial charge in [0.1, 0.15) is 0 Å². The van der Waals surface area contributed by atoms with E-state index in [1.807, 2.05) is 24.3 Å². The molecule has 0 bridgehead atoms. The summed E-state index contributed by atoms with van der Waals surface area (Å²) in [5, 5.41) is 2.81. The van der Waals surface area contributed by atoms with Gasteiger partial charge in [0.15, 0.2) is 5.78 Å². The molecule has 0 radical (unpaired) electrons. The zero-order valence-corrected chi connectivity index (χ0v) is 13.6. The van der Waals surface area contributed by atoms with Crippen LogP contribution in [0.15, 0.2) is 48.5 Å². The molecule has 5 nitrogen and oxygen atoms in total. The van der Waals surface area contributed by atoms with E-state index in [1.54, 1.807) is 36.2 Å². The van der Waals surface area contributed by atoms with Crippen LogP contribution in [0.4, 0.5) is 11.4 Å². The molecule has 0 aromatic heterocycles. The predicted octanol–water partition coefficient (Wildman–Crippen LogP) is 2.98. The highest BCUT2D eigenvalue weighted by atomic mass is 16.2.